The zero-order chi connectivity index (χ0) is 18.0. The van der Waals surface area contributed by atoms with Gasteiger partial charge in [-0.25, -0.2) is 0 Å². The Balaban J connectivity index is 1.67. The Bertz CT molecular complexity index is 766. The minimum Gasteiger partial charge on any atom is -0.464 e. The van der Waals surface area contributed by atoms with Crippen LogP contribution in [0.4, 0.5) is 5.69 Å². The molecule has 0 aliphatic carbocycles. The van der Waals surface area contributed by atoms with Gasteiger partial charge < -0.3 is 9.32 Å². The minimum atomic E-state index is -0.493. The van der Waals surface area contributed by atoms with Gasteiger partial charge in [0.25, 0.3) is 0 Å². The largest absolute Gasteiger partial charge is 0.464 e. The van der Waals surface area contributed by atoms with Crippen LogP contribution in [0.1, 0.15) is 43.7 Å². The second-order valence-electron chi connectivity index (χ2n) is 6.65. The summed E-state index contributed by atoms with van der Waals surface area (Å²) in [6.45, 7) is 5.10. The molecule has 1 saturated heterocycles. The number of rotatable bonds is 5. The molecular formula is C17H22N4O4. The van der Waals surface area contributed by atoms with E-state index in [0.29, 0.717) is 19.0 Å². The van der Waals surface area contributed by atoms with E-state index in [1.165, 1.54) is 17.1 Å². The SMILES string of the molecule is Cc1ccc(C2CC(C)CCN2C(=O)CCn2cc([N+](=O)[O-])cn2)o1. The molecule has 2 unspecified atom stereocenters. The Kier molecular flexibility index (Phi) is 4.87. The van der Waals surface area contributed by atoms with Crippen LogP contribution in [-0.4, -0.2) is 32.1 Å². The highest BCUT2D eigenvalue weighted by molar-refractivity contribution is 5.76. The van der Waals surface area contributed by atoms with Crippen molar-refractivity contribution in [3.63, 3.8) is 0 Å². The van der Waals surface area contributed by atoms with Crippen LogP contribution in [-0.2, 0) is 11.3 Å². The lowest BCUT2D eigenvalue weighted by atomic mass is 9.91. The number of amides is 1. The third kappa shape index (κ3) is 3.89. The Morgan fingerprint density at radius 3 is 2.92 bits per heavy atom. The Morgan fingerprint density at radius 2 is 2.28 bits per heavy atom. The number of carbonyl (C=O) groups excluding carboxylic acids is 1. The molecule has 0 bridgehead atoms. The van der Waals surface area contributed by atoms with Crippen molar-refractivity contribution >= 4 is 11.6 Å². The lowest BCUT2D eigenvalue weighted by molar-refractivity contribution is -0.385. The maximum Gasteiger partial charge on any atom is 0.306 e. The zero-order valence-electron chi connectivity index (χ0n) is 14.4. The van der Waals surface area contributed by atoms with E-state index in [-0.39, 0.29) is 24.1 Å². The van der Waals surface area contributed by atoms with Gasteiger partial charge in [0, 0.05) is 19.5 Å². The van der Waals surface area contributed by atoms with E-state index in [9.17, 15) is 14.9 Å². The molecule has 1 aliphatic heterocycles. The maximum absolute atomic E-state index is 12.7. The van der Waals surface area contributed by atoms with Gasteiger partial charge >= 0.3 is 5.69 Å². The van der Waals surface area contributed by atoms with Crippen molar-refractivity contribution in [2.45, 2.75) is 45.7 Å². The third-order valence-corrected chi connectivity index (χ3v) is 4.66. The number of hydrogen-bond acceptors (Lipinski definition) is 5. The van der Waals surface area contributed by atoms with Gasteiger partial charge in [0.1, 0.15) is 23.9 Å². The molecule has 8 heteroatoms. The average Bonchev–Trinajstić information content (AvgIpc) is 3.21. The molecule has 3 heterocycles. The predicted molar refractivity (Wildman–Crippen MR) is 89.8 cm³/mol. The molecular weight excluding hydrogens is 324 g/mol. The number of nitrogens with zero attached hydrogens (tertiary/aromatic N) is 4. The highest BCUT2D eigenvalue weighted by Crippen LogP contribution is 2.35. The second-order valence-corrected chi connectivity index (χ2v) is 6.65. The molecule has 1 amide bonds. The Hall–Kier alpha value is -2.64. The van der Waals surface area contributed by atoms with Crippen molar-refractivity contribution in [3.8, 4) is 0 Å². The Morgan fingerprint density at radius 1 is 1.48 bits per heavy atom. The van der Waals surface area contributed by atoms with Crippen LogP contribution in [0, 0.1) is 23.0 Å². The van der Waals surface area contributed by atoms with Crippen molar-refractivity contribution in [1.82, 2.24) is 14.7 Å². The summed E-state index contributed by atoms with van der Waals surface area (Å²) in [5.74, 6) is 2.22. The first-order valence-electron chi connectivity index (χ1n) is 8.46. The summed E-state index contributed by atoms with van der Waals surface area (Å²) < 4.78 is 7.20. The van der Waals surface area contributed by atoms with Gasteiger partial charge in [0.2, 0.25) is 5.91 Å². The summed E-state index contributed by atoms with van der Waals surface area (Å²) in [7, 11) is 0. The molecule has 25 heavy (non-hydrogen) atoms. The van der Waals surface area contributed by atoms with Crippen molar-refractivity contribution in [1.29, 1.82) is 0 Å². The van der Waals surface area contributed by atoms with Gasteiger partial charge in [0.05, 0.1) is 11.0 Å². The number of furan rings is 1. The Labute approximate surface area is 145 Å². The zero-order valence-corrected chi connectivity index (χ0v) is 14.4. The van der Waals surface area contributed by atoms with Gasteiger partial charge in [-0.15, -0.1) is 0 Å². The van der Waals surface area contributed by atoms with Crippen LogP contribution in [0.25, 0.3) is 0 Å². The fraction of sp³-hybridized carbons (Fsp3) is 0.529. The topological polar surface area (TPSA) is 94.4 Å². The highest BCUT2D eigenvalue weighted by Gasteiger charge is 2.32. The minimum absolute atomic E-state index is 0.0177. The highest BCUT2D eigenvalue weighted by atomic mass is 16.6. The summed E-state index contributed by atoms with van der Waals surface area (Å²) in [6.07, 6.45) is 4.64. The van der Waals surface area contributed by atoms with Gasteiger partial charge in [0.15, 0.2) is 0 Å². The van der Waals surface area contributed by atoms with Gasteiger partial charge in [-0.2, -0.15) is 5.10 Å². The van der Waals surface area contributed by atoms with Crippen LogP contribution in [0.5, 0.6) is 0 Å². The van der Waals surface area contributed by atoms with Crippen molar-refractivity contribution in [3.05, 3.63) is 46.2 Å². The first-order valence-corrected chi connectivity index (χ1v) is 8.46. The number of nitro groups is 1. The lowest BCUT2D eigenvalue weighted by Gasteiger charge is -2.37. The van der Waals surface area contributed by atoms with Crippen LogP contribution in [0.15, 0.2) is 28.9 Å². The lowest BCUT2D eigenvalue weighted by Crippen LogP contribution is -2.40. The van der Waals surface area contributed by atoms with Crippen LogP contribution < -0.4 is 0 Å². The van der Waals surface area contributed by atoms with Crippen molar-refractivity contribution in [2.75, 3.05) is 6.54 Å². The first kappa shape index (κ1) is 17.2. The molecule has 0 saturated carbocycles. The molecule has 1 fully saturated rings. The molecule has 0 aromatic carbocycles. The molecule has 0 radical (unpaired) electrons. The first-order chi connectivity index (χ1) is 11.9. The summed E-state index contributed by atoms with van der Waals surface area (Å²) in [6, 6.07) is 3.81. The smallest absolute Gasteiger partial charge is 0.306 e. The molecule has 0 N–H and O–H groups in total. The predicted octanol–water partition coefficient (Wildman–Crippen LogP) is 3.08. The number of piperidine rings is 1. The van der Waals surface area contributed by atoms with E-state index in [1.807, 2.05) is 24.0 Å². The quantitative estimate of drug-likeness (QED) is 0.612. The standard InChI is InChI=1S/C17H22N4O4/c1-12-5-8-20(15(9-12)16-4-3-13(2)25-16)17(22)6-7-19-11-14(10-18-19)21(23)24/h3-4,10-12,15H,5-9H2,1-2H3. The summed E-state index contributed by atoms with van der Waals surface area (Å²) in [5.41, 5.74) is -0.0665. The molecule has 1 aliphatic rings. The van der Waals surface area contributed by atoms with Gasteiger partial charge in [-0.3, -0.25) is 19.6 Å². The number of likely N-dealkylation sites (tertiary alicyclic amines) is 1. The van der Waals surface area contributed by atoms with E-state index in [1.54, 1.807) is 0 Å². The maximum atomic E-state index is 12.7. The fourth-order valence-electron chi connectivity index (χ4n) is 3.27. The third-order valence-electron chi connectivity index (χ3n) is 4.66. The number of aryl methyl sites for hydroxylation is 2. The van der Waals surface area contributed by atoms with E-state index in [4.69, 9.17) is 4.42 Å². The van der Waals surface area contributed by atoms with Crippen LogP contribution >= 0.6 is 0 Å². The summed E-state index contributed by atoms with van der Waals surface area (Å²) in [4.78, 5) is 24.8. The van der Waals surface area contributed by atoms with E-state index >= 15 is 0 Å². The molecule has 2 aromatic rings. The monoisotopic (exact) mass is 346 g/mol. The molecule has 8 nitrogen and oxygen atoms in total. The number of aromatic nitrogens is 2. The molecule has 2 atom stereocenters. The number of hydrogen-bond donors (Lipinski definition) is 0. The molecule has 2 aromatic heterocycles. The van der Waals surface area contributed by atoms with Crippen LogP contribution in [0.3, 0.4) is 0 Å². The second kappa shape index (κ2) is 7.08. The van der Waals surface area contributed by atoms with Crippen LogP contribution in [0.2, 0.25) is 0 Å². The van der Waals surface area contributed by atoms with E-state index in [0.717, 1.165) is 24.4 Å². The average molecular weight is 346 g/mol. The van der Waals surface area contributed by atoms with E-state index in [2.05, 4.69) is 12.0 Å². The molecule has 0 spiro atoms. The fourth-order valence-corrected chi connectivity index (χ4v) is 3.27. The van der Waals surface area contributed by atoms with Gasteiger partial charge in [-0.05, 0) is 37.8 Å². The summed E-state index contributed by atoms with van der Waals surface area (Å²) >= 11 is 0. The normalized spacial score (nSPS) is 20.6. The van der Waals surface area contributed by atoms with E-state index < -0.39 is 4.92 Å². The molecule has 3 rings (SSSR count). The molecule has 134 valence electrons. The van der Waals surface area contributed by atoms with Gasteiger partial charge in [-0.1, -0.05) is 6.92 Å². The van der Waals surface area contributed by atoms with Crippen molar-refractivity contribution < 1.29 is 14.1 Å². The van der Waals surface area contributed by atoms with Crippen molar-refractivity contribution in [2.24, 2.45) is 5.92 Å². The number of carbonyl (C=O) groups is 1. The summed E-state index contributed by atoms with van der Waals surface area (Å²) in [5, 5.41) is 14.6.